The van der Waals surface area contributed by atoms with Crippen LogP contribution >= 0.6 is 0 Å². The van der Waals surface area contributed by atoms with Crippen LogP contribution in [0.3, 0.4) is 0 Å². The van der Waals surface area contributed by atoms with E-state index in [1.165, 1.54) is 12.1 Å². The van der Waals surface area contributed by atoms with Crippen molar-refractivity contribution in [1.82, 2.24) is 19.4 Å². The van der Waals surface area contributed by atoms with Crippen LogP contribution in [0, 0.1) is 12.8 Å². The van der Waals surface area contributed by atoms with Gasteiger partial charge in [0.1, 0.15) is 0 Å². The number of hydrogen-bond acceptors (Lipinski definition) is 5. The van der Waals surface area contributed by atoms with Crippen molar-refractivity contribution in [2.75, 3.05) is 25.0 Å². The molecule has 1 N–H and O–H groups in total. The average molecular weight is 585 g/mol. The van der Waals surface area contributed by atoms with E-state index in [0.29, 0.717) is 17.3 Å². The first-order chi connectivity index (χ1) is 20.7. The van der Waals surface area contributed by atoms with Gasteiger partial charge in [-0.25, -0.2) is 4.98 Å². The lowest BCUT2D eigenvalue weighted by atomic mass is 10.0. The van der Waals surface area contributed by atoms with Crippen LogP contribution in [-0.2, 0) is 6.18 Å². The number of aryl methyl sites for hydroxylation is 1. The van der Waals surface area contributed by atoms with Gasteiger partial charge < -0.3 is 14.8 Å². The fourth-order valence-corrected chi connectivity index (χ4v) is 5.83. The summed E-state index contributed by atoms with van der Waals surface area (Å²) >= 11 is 0. The van der Waals surface area contributed by atoms with Gasteiger partial charge in [0.05, 0.1) is 56.5 Å². The summed E-state index contributed by atoms with van der Waals surface area (Å²) in [7, 11) is 0. The zero-order valence-corrected chi connectivity index (χ0v) is 24.6. The normalized spacial score (nSPS) is 15.6. The zero-order chi connectivity index (χ0) is 30.1. The van der Waals surface area contributed by atoms with E-state index in [2.05, 4.69) is 29.0 Å². The second kappa shape index (κ2) is 11.8. The fraction of sp³-hybridized carbons (Fsp3) is 0.324. The number of piperidine rings is 1. The molecule has 2 aromatic carbocycles. The summed E-state index contributed by atoms with van der Waals surface area (Å²) in [5, 5.41) is 4.34. The number of anilines is 2. The largest absolute Gasteiger partial charge is 0.416 e. The van der Waals surface area contributed by atoms with Crippen molar-refractivity contribution >= 4 is 22.4 Å². The molecule has 1 aliphatic carbocycles. The Kier molecular flexibility index (Phi) is 7.92. The number of fused-ring (bicyclic) bond motifs is 2. The highest BCUT2D eigenvalue weighted by molar-refractivity contribution is 5.84. The Bertz CT molecular complexity index is 1770. The van der Waals surface area contributed by atoms with Crippen LogP contribution in [0.4, 0.5) is 24.5 Å². The van der Waals surface area contributed by atoms with Gasteiger partial charge in [0.15, 0.2) is 0 Å². The molecule has 6 nitrogen and oxygen atoms in total. The molecule has 43 heavy (non-hydrogen) atoms. The van der Waals surface area contributed by atoms with Gasteiger partial charge >= 0.3 is 6.18 Å². The Morgan fingerprint density at radius 2 is 1.70 bits per heavy atom. The first-order valence-electron chi connectivity index (χ1n) is 14.7. The number of likely N-dealkylation sites (tertiary alicyclic amines) is 1. The molecule has 1 aromatic heterocycles. The molecule has 3 aliphatic rings. The lowest BCUT2D eigenvalue weighted by molar-refractivity contribution is -0.137. The molecule has 0 atom stereocenters. The highest BCUT2D eigenvalue weighted by Gasteiger charge is 2.30. The van der Waals surface area contributed by atoms with Crippen molar-refractivity contribution in [3.8, 4) is 17.1 Å². The number of aromatic nitrogens is 3. The zero-order valence-electron chi connectivity index (χ0n) is 24.6. The minimum absolute atomic E-state index is 0.157. The maximum atomic E-state index is 13.4. The molecule has 0 bridgehead atoms. The third kappa shape index (κ3) is 6.27. The molecule has 3 heterocycles. The highest BCUT2D eigenvalue weighted by atomic mass is 19.4. The Hall–Kier alpha value is -4.24. The molecule has 1 fully saturated rings. The summed E-state index contributed by atoms with van der Waals surface area (Å²) in [5.74, 6) is 0.621. The van der Waals surface area contributed by atoms with Crippen LogP contribution in [-0.4, -0.2) is 45.1 Å². The van der Waals surface area contributed by atoms with Crippen molar-refractivity contribution < 1.29 is 13.2 Å². The monoisotopic (exact) mass is 584 g/mol. The van der Waals surface area contributed by atoms with Crippen molar-refractivity contribution in [2.24, 2.45) is 10.9 Å². The minimum atomic E-state index is -4.41. The van der Waals surface area contributed by atoms with Gasteiger partial charge in [0, 0.05) is 31.5 Å². The SMILES string of the molecule is Cc1ncccc1Nc1cc2nc3ccccc3n(-c3ccc(C(F)(F)F)cc3)c-2c/c1=N\C1CCN(CC(C)C)CC1. The summed E-state index contributed by atoms with van der Waals surface area (Å²) in [4.78, 5) is 17.2. The smallest absolute Gasteiger partial charge is 0.352 e. The van der Waals surface area contributed by atoms with Crippen LogP contribution in [0.5, 0.6) is 0 Å². The maximum Gasteiger partial charge on any atom is 0.416 e. The molecule has 0 saturated carbocycles. The molecule has 1 saturated heterocycles. The molecule has 0 spiro atoms. The Labute approximate surface area is 249 Å². The van der Waals surface area contributed by atoms with E-state index < -0.39 is 11.7 Å². The number of para-hydroxylation sites is 2. The number of rotatable bonds is 6. The van der Waals surface area contributed by atoms with Gasteiger partial charge in [-0.05, 0) is 86.3 Å². The third-order valence-electron chi connectivity index (χ3n) is 7.93. The summed E-state index contributed by atoms with van der Waals surface area (Å²) in [6, 6.07) is 21.0. The van der Waals surface area contributed by atoms with E-state index in [1.54, 1.807) is 6.20 Å². The van der Waals surface area contributed by atoms with Crippen molar-refractivity contribution in [2.45, 2.75) is 45.8 Å². The molecule has 0 radical (unpaired) electrons. The molecule has 0 unspecified atom stereocenters. The first-order valence-corrected chi connectivity index (χ1v) is 14.7. The number of nitrogens with one attached hydrogen (secondary N) is 1. The second-order valence-electron chi connectivity index (χ2n) is 11.7. The Morgan fingerprint density at radius 3 is 2.40 bits per heavy atom. The maximum absolute atomic E-state index is 13.4. The van der Waals surface area contributed by atoms with E-state index in [9.17, 15) is 13.2 Å². The Morgan fingerprint density at radius 1 is 0.953 bits per heavy atom. The second-order valence-corrected chi connectivity index (χ2v) is 11.7. The van der Waals surface area contributed by atoms with Crippen molar-refractivity contribution in [3.63, 3.8) is 0 Å². The Balaban J connectivity index is 1.52. The number of benzene rings is 3. The van der Waals surface area contributed by atoms with Gasteiger partial charge in [0.2, 0.25) is 0 Å². The van der Waals surface area contributed by atoms with Gasteiger partial charge in [-0.2, -0.15) is 13.2 Å². The van der Waals surface area contributed by atoms with Crippen LogP contribution in [0.1, 0.15) is 37.9 Å². The molecule has 222 valence electrons. The van der Waals surface area contributed by atoms with Crippen LogP contribution in [0.15, 0.2) is 84.0 Å². The number of halogens is 3. The average Bonchev–Trinajstić information content (AvgIpc) is 2.98. The van der Waals surface area contributed by atoms with Crippen LogP contribution < -0.4 is 10.7 Å². The van der Waals surface area contributed by atoms with Gasteiger partial charge in [0.25, 0.3) is 0 Å². The minimum Gasteiger partial charge on any atom is -0.352 e. The van der Waals surface area contributed by atoms with Gasteiger partial charge in [-0.3, -0.25) is 9.98 Å². The molecular weight excluding hydrogens is 549 g/mol. The standard InChI is InChI=1S/C34H35F3N6/c1-22(2)21-42-17-14-25(15-18-42)39-30-20-33-31(19-29(30)40-27-8-6-16-38-23(27)3)41-28-7-4-5-9-32(28)43(33)26-12-10-24(11-13-26)34(35,36)37/h4-13,16,19-20,22,25,40H,14-15,17-18,21H2,1-3H3/b39-30+. The molecule has 3 aromatic rings. The van der Waals surface area contributed by atoms with E-state index in [1.807, 2.05) is 60.0 Å². The van der Waals surface area contributed by atoms with Gasteiger partial charge in [-0.1, -0.05) is 26.0 Å². The van der Waals surface area contributed by atoms with E-state index in [4.69, 9.17) is 9.98 Å². The topological polar surface area (TPSA) is 58.3 Å². The number of pyridine rings is 1. The van der Waals surface area contributed by atoms with Crippen molar-refractivity contribution in [3.05, 3.63) is 95.6 Å². The summed E-state index contributed by atoms with van der Waals surface area (Å²) in [6.07, 6.45) is -0.721. The van der Waals surface area contributed by atoms with E-state index >= 15 is 0 Å². The summed E-state index contributed by atoms with van der Waals surface area (Å²) in [6.45, 7) is 9.53. The molecule has 9 heteroatoms. The molecule has 6 rings (SSSR count). The summed E-state index contributed by atoms with van der Waals surface area (Å²) < 4.78 is 42.2. The third-order valence-corrected chi connectivity index (χ3v) is 7.93. The van der Waals surface area contributed by atoms with E-state index in [-0.39, 0.29) is 6.04 Å². The highest BCUT2D eigenvalue weighted by Crippen LogP contribution is 2.33. The van der Waals surface area contributed by atoms with Crippen molar-refractivity contribution in [1.29, 1.82) is 0 Å². The quantitative estimate of drug-likeness (QED) is 0.209. The molecular formula is C34H35F3N6. The number of nitrogens with zero attached hydrogens (tertiary/aromatic N) is 5. The van der Waals surface area contributed by atoms with Gasteiger partial charge in [-0.15, -0.1) is 0 Å². The fourth-order valence-electron chi connectivity index (χ4n) is 5.83. The molecule has 0 amide bonds. The summed E-state index contributed by atoms with van der Waals surface area (Å²) in [5.41, 5.74) is 5.49. The lowest BCUT2D eigenvalue weighted by Crippen LogP contribution is -2.38. The number of hydrogen-bond donors (Lipinski definition) is 1. The molecule has 2 aliphatic heterocycles. The predicted octanol–water partition coefficient (Wildman–Crippen LogP) is 7.62. The lowest BCUT2D eigenvalue weighted by Gasteiger charge is -2.31. The predicted molar refractivity (Wildman–Crippen MR) is 165 cm³/mol. The number of alkyl halides is 3. The van der Waals surface area contributed by atoms with E-state index in [0.717, 1.165) is 83.8 Å². The first kappa shape index (κ1) is 28.9. The van der Waals surface area contributed by atoms with Crippen LogP contribution in [0.25, 0.3) is 28.1 Å². The van der Waals surface area contributed by atoms with Crippen LogP contribution in [0.2, 0.25) is 0 Å².